The number of nitrogens with zero attached hydrogens (tertiary/aromatic N) is 4. The quantitative estimate of drug-likeness (QED) is 0.224. The molecule has 2 N–H and O–H groups in total. The highest BCUT2D eigenvalue weighted by Gasteiger charge is 2.42. The topological polar surface area (TPSA) is 160 Å². The molecule has 0 spiro atoms. The smallest absolute Gasteiger partial charge is 0.308 e. The van der Waals surface area contributed by atoms with Crippen LogP contribution in [-0.2, 0) is 35.1 Å². The molecule has 282 valence electrons. The van der Waals surface area contributed by atoms with Crippen molar-refractivity contribution in [2.24, 2.45) is 17.8 Å². The number of nitrogens with one attached hydrogen (secondary N) is 2. The van der Waals surface area contributed by atoms with E-state index in [0.717, 1.165) is 49.4 Å². The Hall–Kier alpha value is -3.43. The Kier molecular flexibility index (Phi) is 14.5. The molecule has 1 saturated heterocycles. The van der Waals surface area contributed by atoms with Crippen molar-refractivity contribution in [2.75, 3.05) is 27.7 Å². The van der Waals surface area contributed by atoms with Gasteiger partial charge in [0, 0.05) is 55.4 Å². The molecule has 0 bridgehead atoms. The van der Waals surface area contributed by atoms with Crippen molar-refractivity contribution in [2.45, 2.75) is 116 Å². The molecule has 0 radical (unpaired) electrons. The van der Waals surface area contributed by atoms with Crippen molar-refractivity contribution in [1.29, 1.82) is 0 Å². The second-order valence-electron chi connectivity index (χ2n) is 14.4. The predicted octanol–water partition coefficient (Wildman–Crippen LogP) is 4.30. The summed E-state index contributed by atoms with van der Waals surface area (Å²) in [6.07, 6.45) is 4.81. The van der Waals surface area contributed by atoms with Crippen molar-refractivity contribution in [3.05, 3.63) is 32.2 Å². The molecule has 1 aliphatic heterocycles. The Morgan fingerprint density at radius 1 is 1.02 bits per heavy atom. The van der Waals surface area contributed by atoms with Gasteiger partial charge in [0.25, 0.3) is 5.91 Å². The molecule has 3 heterocycles. The number of rotatable bonds is 17. The Morgan fingerprint density at radius 2 is 1.75 bits per heavy atom. The van der Waals surface area contributed by atoms with Gasteiger partial charge in [-0.05, 0) is 64.5 Å². The first-order valence-corrected chi connectivity index (χ1v) is 19.6. The number of amides is 3. The van der Waals surface area contributed by atoms with E-state index in [-0.39, 0.29) is 53.8 Å². The molecule has 51 heavy (non-hydrogen) atoms. The molecule has 4 rings (SSSR count). The third-order valence-corrected chi connectivity index (χ3v) is 11.7. The molecule has 3 amide bonds. The van der Waals surface area contributed by atoms with Crippen LogP contribution in [0, 0.1) is 24.7 Å². The molecule has 15 heteroatoms. The fourth-order valence-electron chi connectivity index (χ4n) is 6.77. The van der Waals surface area contributed by atoms with E-state index >= 15 is 0 Å². The largest absolute Gasteiger partial charge is 0.469 e. The minimum absolute atomic E-state index is 0.0215. The molecular weight excluding hydrogens is 693 g/mol. The van der Waals surface area contributed by atoms with Gasteiger partial charge in [0.05, 0.1) is 24.1 Å². The number of methoxy groups -OCH3 is 1. The van der Waals surface area contributed by atoms with E-state index in [0.29, 0.717) is 17.8 Å². The van der Waals surface area contributed by atoms with Crippen LogP contribution in [-0.4, -0.2) is 101 Å². The van der Waals surface area contributed by atoms with E-state index in [2.05, 4.69) is 25.5 Å². The molecule has 13 nitrogen and oxygen atoms in total. The van der Waals surface area contributed by atoms with Gasteiger partial charge < -0.3 is 25.0 Å². The first-order chi connectivity index (χ1) is 24.2. The fourth-order valence-corrected chi connectivity index (χ4v) is 8.46. The van der Waals surface area contributed by atoms with Crippen LogP contribution >= 0.6 is 22.7 Å². The monoisotopic (exact) mass is 746 g/mol. The van der Waals surface area contributed by atoms with Crippen LogP contribution in [0.3, 0.4) is 0 Å². The zero-order valence-electron chi connectivity index (χ0n) is 31.1. The maximum absolute atomic E-state index is 14.1. The van der Waals surface area contributed by atoms with E-state index in [9.17, 15) is 24.0 Å². The summed E-state index contributed by atoms with van der Waals surface area (Å²) in [6.45, 7) is 9.84. The van der Waals surface area contributed by atoms with Crippen LogP contribution in [0.25, 0.3) is 0 Å². The third kappa shape index (κ3) is 11.3. The summed E-state index contributed by atoms with van der Waals surface area (Å²) in [4.78, 5) is 78.3. The Balaban J connectivity index is 1.49. The van der Waals surface area contributed by atoms with Crippen LogP contribution in [0.15, 0.2) is 10.8 Å². The summed E-state index contributed by atoms with van der Waals surface area (Å²) < 4.78 is 10.7. The number of likely N-dealkylation sites (N-methyl/N-ethyl adjacent to an activating group) is 2. The zero-order chi connectivity index (χ0) is 37.4. The number of ether oxygens (including phenoxy) is 2. The molecule has 0 aromatic carbocycles. The molecule has 2 aliphatic rings. The minimum Gasteiger partial charge on any atom is -0.469 e. The van der Waals surface area contributed by atoms with Gasteiger partial charge in [-0.15, -0.1) is 22.7 Å². The average Bonchev–Trinajstić information content (AvgIpc) is 3.65. The van der Waals surface area contributed by atoms with Crippen LogP contribution in [0.4, 0.5) is 0 Å². The van der Waals surface area contributed by atoms with Crippen molar-refractivity contribution in [3.8, 4) is 0 Å². The summed E-state index contributed by atoms with van der Waals surface area (Å²) in [7, 11) is 5.03. The lowest BCUT2D eigenvalue weighted by molar-refractivity contribution is -0.149. The number of likely N-dealkylation sites (tertiary alicyclic amines) is 1. The second kappa shape index (κ2) is 18.4. The van der Waals surface area contributed by atoms with E-state index in [4.69, 9.17) is 9.47 Å². The molecule has 0 unspecified atom stereocenters. The van der Waals surface area contributed by atoms with E-state index < -0.39 is 36.0 Å². The molecule has 2 aromatic heterocycles. The van der Waals surface area contributed by atoms with Crippen LogP contribution in [0.1, 0.15) is 105 Å². The molecule has 2 fully saturated rings. The first kappa shape index (κ1) is 40.3. The number of carbonyl (C=O) groups is 5. The lowest BCUT2D eigenvalue weighted by Gasteiger charge is -2.37. The summed E-state index contributed by atoms with van der Waals surface area (Å²) >= 11 is 2.70. The summed E-state index contributed by atoms with van der Waals surface area (Å²) in [6, 6.07) is -1.63. The highest BCUT2D eigenvalue weighted by Crippen LogP contribution is 2.36. The fraction of sp³-hybridized carbons (Fsp3) is 0.694. The van der Waals surface area contributed by atoms with Crippen molar-refractivity contribution >= 4 is 52.3 Å². The maximum Gasteiger partial charge on any atom is 0.308 e. The van der Waals surface area contributed by atoms with Gasteiger partial charge in [-0.1, -0.05) is 27.2 Å². The summed E-state index contributed by atoms with van der Waals surface area (Å²) in [5.74, 6) is -1.94. The van der Waals surface area contributed by atoms with Crippen molar-refractivity contribution in [1.82, 2.24) is 30.4 Å². The maximum atomic E-state index is 14.1. The van der Waals surface area contributed by atoms with Gasteiger partial charge in [-0.25, -0.2) is 9.97 Å². The molecule has 1 aliphatic carbocycles. The lowest BCUT2D eigenvalue weighted by Crippen LogP contribution is -2.56. The lowest BCUT2D eigenvalue weighted by atomic mass is 9.95. The number of hydrogen-bond acceptors (Lipinski definition) is 12. The van der Waals surface area contributed by atoms with Gasteiger partial charge in [-0.3, -0.25) is 28.9 Å². The first-order valence-electron chi connectivity index (χ1n) is 17.9. The van der Waals surface area contributed by atoms with Crippen LogP contribution < -0.4 is 10.6 Å². The number of hydrogen-bond donors (Lipinski definition) is 2. The molecule has 1 saturated carbocycles. The normalized spacial score (nSPS) is 19.4. The SMILES string of the molecule is COC(=O)[C@@H](C)C[C@H](Cc1nc(C)cs1)NC(=O)c1csc([C@@H](C[C@H](C(C)C)N(C)C(=O)[C@@H](NC(=O)[C@H]2CCCCN2C)C2CC2)OC(C)=O)n1. The predicted molar refractivity (Wildman–Crippen MR) is 195 cm³/mol. The second-order valence-corrected chi connectivity index (χ2v) is 16.2. The Morgan fingerprint density at radius 3 is 2.33 bits per heavy atom. The van der Waals surface area contributed by atoms with Gasteiger partial charge in [0.2, 0.25) is 11.8 Å². The zero-order valence-corrected chi connectivity index (χ0v) is 32.7. The van der Waals surface area contributed by atoms with Gasteiger partial charge in [0.1, 0.15) is 16.7 Å². The number of aromatic nitrogens is 2. The highest BCUT2D eigenvalue weighted by atomic mass is 32.1. The van der Waals surface area contributed by atoms with E-state index in [1.165, 1.54) is 36.7 Å². The number of esters is 2. The van der Waals surface area contributed by atoms with Crippen LogP contribution in [0.2, 0.25) is 0 Å². The number of aryl methyl sites for hydroxylation is 1. The Bertz CT molecular complexity index is 1520. The molecule has 6 atom stereocenters. The molecule has 2 aromatic rings. The number of piperidine rings is 1. The van der Waals surface area contributed by atoms with E-state index in [1.54, 1.807) is 24.3 Å². The summed E-state index contributed by atoms with van der Waals surface area (Å²) in [5, 5.41) is 11.0. The standard InChI is InChI=1S/C36H54N6O7S2/c1-20(2)28(42(7)35(46)31(24-12-13-24)40-33(45)27-11-9-10-14-41(27)6)17-29(49-23(5)43)34-39-26(19-51-34)32(44)38-25(15-21(3)36(47)48-8)16-30-37-22(4)18-50-30/h18-21,24-25,27-29,31H,9-17H2,1-8H3,(H,38,44)(H,40,45)/t21-,25+,27+,28+,29+,31-/m0/s1. The average molecular weight is 747 g/mol. The minimum atomic E-state index is -0.810. The van der Waals surface area contributed by atoms with Gasteiger partial charge in [0.15, 0.2) is 6.10 Å². The number of carbonyl (C=O) groups excluding carboxylic acids is 5. The van der Waals surface area contributed by atoms with Crippen molar-refractivity contribution < 1.29 is 33.4 Å². The van der Waals surface area contributed by atoms with Gasteiger partial charge >= 0.3 is 11.9 Å². The number of thiazole rings is 2. The van der Waals surface area contributed by atoms with Crippen LogP contribution in [0.5, 0.6) is 0 Å². The van der Waals surface area contributed by atoms with Gasteiger partial charge in [-0.2, -0.15) is 0 Å². The third-order valence-electron chi connectivity index (χ3n) is 9.80. The highest BCUT2D eigenvalue weighted by molar-refractivity contribution is 7.10. The summed E-state index contributed by atoms with van der Waals surface area (Å²) in [5.41, 5.74) is 1.04. The van der Waals surface area contributed by atoms with Crippen molar-refractivity contribution in [3.63, 3.8) is 0 Å². The van der Waals surface area contributed by atoms with E-state index in [1.807, 2.05) is 33.2 Å². The Labute approximate surface area is 309 Å². The molecular formula is C36H54N6O7S2.